The highest BCUT2D eigenvalue weighted by atomic mass is 14.2. The van der Waals surface area contributed by atoms with Gasteiger partial charge in [-0.1, -0.05) is 100.0 Å². The molecule has 0 amide bonds. The minimum atomic E-state index is 0.498. The second-order valence-electron chi connectivity index (χ2n) is 7.05. The summed E-state index contributed by atoms with van der Waals surface area (Å²) >= 11 is 0. The summed E-state index contributed by atoms with van der Waals surface area (Å²) in [4.78, 5) is 0. The zero-order chi connectivity index (χ0) is 17.6. The first kappa shape index (κ1) is 17.5. The van der Waals surface area contributed by atoms with Gasteiger partial charge in [0.25, 0.3) is 0 Å². The van der Waals surface area contributed by atoms with Crippen molar-refractivity contribution in [3.63, 3.8) is 0 Å². The number of rotatable bonds is 6. The Labute approximate surface area is 152 Å². The molecule has 0 nitrogen and oxygen atoms in total. The molecule has 0 saturated heterocycles. The molecule has 25 heavy (non-hydrogen) atoms. The van der Waals surface area contributed by atoms with Crippen molar-refractivity contribution in [2.75, 3.05) is 0 Å². The molecule has 0 aliphatic rings. The van der Waals surface area contributed by atoms with Crippen molar-refractivity contribution in [2.24, 2.45) is 0 Å². The van der Waals surface area contributed by atoms with Crippen molar-refractivity contribution >= 4 is 0 Å². The van der Waals surface area contributed by atoms with E-state index < -0.39 is 0 Å². The van der Waals surface area contributed by atoms with Gasteiger partial charge in [-0.3, -0.25) is 0 Å². The second kappa shape index (κ2) is 8.16. The Balaban J connectivity index is 2.31. The maximum Gasteiger partial charge on any atom is -0.00679 e. The minimum Gasteiger partial charge on any atom is -0.0654 e. The SMILES string of the molecule is CCCCc1ccc(C(C)C)c(-c2ccccc2)c1-c1ccccc1. The molecule has 0 spiro atoms. The third kappa shape index (κ3) is 3.85. The van der Waals surface area contributed by atoms with Crippen LogP contribution >= 0.6 is 0 Å². The van der Waals surface area contributed by atoms with E-state index in [-0.39, 0.29) is 0 Å². The van der Waals surface area contributed by atoms with Crippen LogP contribution in [-0.2, 0) is 6.42 Å². The summed E-state index contributed by atoms with van der Waals surface area (Å²) in [6, 6.07) is 26.5. The van der Waals surface area contributed by atoms with Gasteiger partial charge in [-0.2, -0.15) is 0 Å². The molecular formula is C25H28. The van der Waals surface area contributed by atoms with Crippen LogP contribution in [0.1, 0.15) is 50.7 Å². The van der Waals surface area contributed by atoms with Gasteiger partial charge in [-0.15, -0.1) is 0 Å². The molecule has 3 aromatic rings. The van der Waals surface area contributed by atoms with Gasteiger partial charge in [-0.25, -0.2) is 0 Å². The molecule has 3 aromatic carbocycles. The molecule has 0 heterocycles. The van der Waals surface area contributed by atoms with Crippen LogP contribution in [0.15, 0.2) is 72.8 Å². The lowest BCUT2D eigenvalue weighted by Crippen LogP contribution is -2.00. The van der Waals surface area contributed by atoms with Crippen molar-refractivity contribution in [3.05, 3.63) is 83.9 Å². The Morgan fingerprint density at radius 1 is 0.680 bits per heavy atom. The van der Waals surface area contributed by atoms with Gasteiger partial charge in [0, 0.05) is 0 Å². The van der Waals surface area contributed by atoms with Gasteiger partial charge in [0.1, 0.15) is 0 Å². The predicted molar refractivity (Wildman–Crippen MR) is 110 cm³/mol. The minimum absolute atomic E-state index is 0.498. The number of hydrogen-bond acceptors (Lipinski definition) is 0. The highest BCUT2D eigenvalue weighted by Gasteiger charge is 2.18. The molecule has 0 radical (unpaired) electrons. The smallest absolute Gasteiger partial charge is 0.00679 e. The Kier molecular flexibility index (Phi) is 5.71. The van der Waals surface area contributed by atoms with Gasteiger partial charge in [0.2, 0.25) is 0 Å². The van der Waals surface area contributed by atoms with Crippen LogP contribution in [0.2, 0.25) is 0 Å². The molecule has 128 valence electrons. The first-order valence-electron chi connectivity index (χ1n) is 9.49. The third-order valence-corrected chi connectivity index (χ3v) is 4.87. The molecule has 0 aliphatic heterocycles. The Morgan fingerprint density at radius 2 is 1.24 bits per heavy atom. The molecule has 0 aromatic heterocycles. The maximum atomic E-state index is 2.36. The van der Waals surface area contributed by atoms with Crippen LogP contribution in [0.25, 0.3) is 22.3 Å². The van der Waals surface area contributed by atoms with Crippen LogP contribution < -0.4 is 0 Å². The fraction of sp³-hybridized carbons (Fsp3) is 0.280. The Morgan fingerprint density at radius 3 is 1.76 bits per heavy atom. The summed E-state index contributed by atoms with van der Waals surface area (Å²) < 4.78 is 0. The van der Waals surface area contributed by atoms with Crippen molar-refractivity contribution in [1.82, 2.24) is 0 Å². The van der Waals surface area contributed by atoms with Crippen LogP contribution in [-0.4, -0.2) is 0 Å². The standard InChI is InChI=1S/C25H28/c1-4-5-12-22-17-18-23(19(2)3)25(21-15-10-7-11-16-21)24(22)20-13-8-6-9-14-20/h6-11,13-19H,4-5,12H2,1-3H3. The van der Waals surface area contributed by atoms with Gasteiger partial charge < -0.3 is 0 Å². The molecule has 0 atom stereocenters. The monoisotopic (exact) mass is 328 g/mol. The summed E-state index contributed by atoms with van der Waals surface area (Å²) in [6.45, 7) is 6.85. The van der Waals surface area contributed by atoms with Crippen LogP contribution in [0.5, 0.6) is 0 Å². The molecule has 0 heteroatoms. The Bertz CT molecular complexity index is 798. The van der Waals surface area contributed by atoms with Crippen molar-refractivity contribution in [1.29, 1.82) is 0 Å². The van der Waals surface area contributed by atoms with E-state index in [1.807, 2.05) is 0 Å². The van der Waals surface area contributed by atoms with E-state index in [4.69, 9.17) is 0 Å². The van der Waals surface area contributed by atoms with Crippen LogP contribution in [0.4, 0.5) is 0 Å². The summed E-state index contributed by atoms with van der Waals surface area (Å²) in [5.74, 6) is 0.498. The Hall–Kier alpha value is -2.34. The largest absolute Gasteiger partial charge is 0.0654 e. The zero-order valence-corrected chi connectivity index (χ0v) is 15.6. The third-order valence-electron chi connectivity index (χ3n) is 4.87. The topological polar surface area (TPSA) is 0 Å². The molecule has 3 rings (SSSR count). The number of benzene rings is 3. The van der Waals surface area contributed by atoms with Crippen molar-refractivity contribution < 1.29 is 0 Å². The fourth-order valence-electron chi connectivity index (χ4n) is 3.57. The number of unbranched alkanes of at least 4 members (excludes halogenated alkanes) is 1. The average molecular weight is 328 g/mol. The van der Waals surface area contributed by atoms with Crippen LogP contribution in [0.3, 0.4) is 0 Å². The molecule has 0 unspecified atom stereocenters. The van der Waals surface area contributed by atoms with E-state index in [1.165, 1.54) is 46.2 Å². The average Bonchev–Trinajstić information content (AvgIpc) is 2.66. The normalized spacial score (nSPS) is 11.0. The van der Waals surface area contributed by atoms with E-state index in [2.05, 4.69) is 93.6 Å². The molecule has 0 bridgehead atoms. The lowest BCUT2D eigenvalue weighted by molar-refractivity contribution is 0.794. The molecular weight excluding hydrogens is 300 g/mol. The summed E-state index contributed by atoms with van der Waals surface area (Å²) in [5.41, 5.74) is 8.39. The molecule has 0 aliphatic carbocycles. The van der Waals surface area contributed by atoms with E-state index in [0.717, 1.165) is 6.42 Å². The van der Waals surface area contributed by atoms with E-state index in [1.54, 1.807) is 0 Å². The first-order chi connectivity index (χ1) is 12.2. The quantitative estimate of drug-likeness (QED) is 0.440. The summed E-state index contributed by atoms with van der Waals surface area (Å²) in [7, 11) is 0. The van der Waals surface area contributed by atoms with Gasteiger partial charge in [0.05, 0.1) is 0 Å². The zero-order valence-electron chi connectivity index (χ0n) is 15.6. The van der Waals surface area contributed by atoms with Crippen molar-refractivity contribution in [3.8, 4) is 22.3 Å². The van der Waals surface area contributed by atoms with Gasteiger partial charge >= 0.3 is 0 Å². The first-order valence-corrected chi connectivity index (χ1v) is 9.49. The molecule has 0 fully saturated rings. The van der Waals surface area contributed by atoms with Crippen LogP contribution in [0, 0.1) is 0 Å². The second-order valence-corrected chi connectivity index (χ2v) is 7.05. The van der Waals surface area contributed by atoms with Crippen molar-refractivity contribution in [2.45, 2.75) is 46.0 Å². The predicted octanol–water partition coefficient (Wildman–Crippen LogP) is 7.49. The number of aryl methyl sites for hydroxylation is 1. The highest BCUT2D eigenvalue weighted by Crippen LogP contribution is 2.40. The summed E-state index contributed by atoms with van der Waals surface area (Å²) in [6.07, 6.45) is 3.59. The molecule has 0 saturated carbocycles. The fourth-order valence-corrected chi connectivity index (χ4v) is 3.57. The van der Waals surface area contributed by atoms with Gasteiger partial charge in [-0.05, 0) is 52.1 Å². The number of hydrogen-bond donors (Lipinski definition) is 0. The maximum absolute atomic E-state index is 2.36. The van der Waals surface area contributed by atoms with Gasteiger partial charge in [0.15, 0.2) is 0 Å². The van der Waals surface area contributed by atoms with E-state index in [0.29, 0.717) is 5.92 Å². The lowest BCUT2D eigenvalue weighted by Gasteiger charge is -2.22. The van der Waals surface area contributed by atoms with E-state index in [9.17, 15) is 0 Å². The summed E-state index contributed by atoms with van der Waals surface area (Å²) in [5, 5.41) is 0. The lowest BCUT2D eigenvalue weighted by atomic mass is 9.82. The highest BCUT2D eigenvalue weighted by molar-refractivity contribution is 5.88. The van der Waals surface area contributed by atoms with E-state index >= 15 is 0 Å². The molecule has 0 N–H and O–H groups in total.